The lowest BCUT2D eigenvalue weighted by Crippen LogP contribution is -1.89. The van der Waals surface area contributed by atoms with Crippen LogP contribution in [0.1, 0.15) is 19.4 Å². The molecule has 0 saturated heterocycles. The van der Waals surface area contributed by atoms with Crippen molar-refractivity contribution in [2.75, 3.05) is 14.1 Å². The maximum Gasteiger partial charge on any atom is 0.0456 e. The van der Waals surface area contributed by atoms with Crippen molar-refractivity contribution in [1.29, 1.82) is 0 Å². The molecule has 84 valence electrons. The predicted octanol–water partition coefficient (Wildman–Crippen LogP) is 3.34. The van der Waals surface area contributed by atoms with Crippen molar-refractivity contribution in [3.63, 3.8) is 0 Å². The highest BCUT2D eigenvalue weighted by Gasteiger charge is 1.93. The van der Waals surface area contributed by atoms with E-state index >= 15 is 0 Å². The van der Waals surface area contributed by atoms with E-state index in [1.165, 1.54) is 16.5 Å². The summed E-state index contributed by atoms with van der Waals surface area (Å²) in [4.78, 5) is 3.16. The Labute approximate surface area is 92.7 Å². The molecule has 0 amide bonds. The van der Waals surface area contributed by atoms with E-state index in [0.717, 1.165) is 0 Å². The quantitative estimate of drug-likeness (QED) is 0.680. The molecule has 0 aliphatic rings. The summed E-state index contributed by atoms with van der Waals surface area (Å²) in [5.41, 5.74) is 2.55. The normalized spacial score (nSPS) is 8.60. The number of H-pyrrole nitrogens is 1. The lowest BCUT2D eigenvalue weighted by molar-refractivity contribution is 1.02. The molecule has 0 aliphatic carbocycles. The van der Waals surface area contributed by atoms with Gasteiger partial charge in [-0.15, -0.1) is 0 Å². The van der Waals surface area contributed by atoms with Gasteiger partial charge in [0.15, 0.2) is 0 Å². The van der Waals surface area contributed by atoms with E-state index in [2.05, 4.69) is 41.5 Å². The summed E-state index contributed by atoms with van der Waals surface area (Å²) in [5.74, 6) is 0. The number of benzene rings is 1. The molecule has 2 N–H and O–H groups in total. The highest BCUT2D eigenvalue weighted by Crippen LogP contribution is 2.15. The standard InChI is InChI=1S/C9H9N.C2H7N.C2H6/c1-7-3-2-4-9-8(7)5-6-10-9;1-3-2;1-2/h2-6,10H,1H3;3H,1-2H3;1-2H3. The first-order valence-electron chi connectivity index (χ1n) is 5.40. The van der Waals surface area contributed by atoms with Gasteiger partial charge in [-0.25, -0.2) is 0 Å². The highest BCUT2D eigenvalue weighted by molar-refractivity contribution is 5.82. The van der Waals surface area contributed by atoms with Crippen LogP contribution >= 0.6 is 0 Å². The molecule has 0 spiro atoms. The average Bonchev–Trinajstić information content (AvgIpc) is 2.71. The number of rotatable bonds is 0. The monoisotopic (exact) mass is 206 g/mol. The summed E-state index contributed by atoms with van der Waals surface area (Å²) in [6, 6.07) is 8.37. The lowest BCUT2D eigenvalue weighted by atomic mass is 10.1. The summed E-state index contributed by atoms with van der Waals surface area (Å²) in [7, 11) is 3.75. The van der Waals surface area contributed by atoms with E-state index in [4.69, 9.17) is 0 Å². The van der Waals surface area contributed by atoms with E-state index < -0.39 is 0 Å². The zero-order chi connectivity index (χ0) is 11.7. The third-order valence-corrected chi connectivity index (χ3v) is 1.81. The van der Waals surface area contributed by atoms with Gasteiger partial charge in [0.25, 0.3) is 0 Å². The van der Waals surface area contributed by atoms with Gasteiger partial charge in [-0.3, -0.25) is 0 Å². The molecule has 0 bridgehead atoms. The molecule has 1 aromatic heterocycles. The van der Waals surface area contributed by atoms with Crippen LogP contribution in [0.15, 0.2) is 30.5 Å². The van der Waals surface area contributed by atoms with Crippen molar-refractivity contribution in [2.45, 2.75) is 20.8 Å². The minimum atomic E-state index is 1.22. The molecular formula is C13H22N2. The largest absolute Gasteiger partial charge is 0.361 e. The summed E-state index contributed by atoms with van der Waals surface area (Å²) < 4.78 is 0. The number of aromatic amines is 1. The Morgan fingerprint density at radius 3 is 2.20 bits per heavy atom. The molecule has 0 unspecified atom stereocenters. The smallest absolute Gasteiger partial charge is 0.0456 e. The highest BCUT2D eigenvalue weighted by atomic mass is 14.7. The van der Waals surface area contributed by atoms with Gasteiger partial charge in [0.2, 0.25) is 0 Å². The number of hydrogen-bond acceptors (Lipinski definition) is 1. The minimum absolute atomic E-state index is 1.22. The summed E-state index contributed by atoms with van der Waals surface area (Å²) in [6.07, 6.45) is 1.97. The van der Waals surface area contributed by atoms with Crippen LogP contribution < -0.4 is 5.32 Å². The van der Waals surface area contributed by atoms with Gasteiger partial charge in [-0.2, -0.15) is 0 Å². The SMILES string of the molecule is CC.CNC.Cc1cccc2[nH]ccc12. The van der Waals surface area contributed by atoms with Gasteiger partial charge in [0.1, 0.15) is 0 Å². The average molecular weight is 206 g/mol. The fourth-order valence-electron chi connectivity index (χ4n) is 1.24. The van der Waals surface area contributed by atoms with Crippen molar-refractivity contribution < 1.29 is 0 Å². The molecule has 0 radical (unpaired) electrons. The molecule has 0 atom stereocenters. The van der Waals surface area contributed by atoms with E-state index in [1.807, 2.05) is 34.1 Å². The molecule has 2 aromatic rings. The molecule has 1 heterocycles. The zero-order valence-corrected chi connectivity index (χ0v) is 10.4. The Balaban J connectivity index is 0.000000342. The number of aryl methyl sites for hydroxylation is 1. The Morgan fingerprint density at radius 2 is 1.67 bits per heavy atom. The van der Waals surface area contributed by atoms with Gasteiger partial charge < -0.3 is 10.3 Å². The number of aromatic nitrogens is 1. The number of hydrogen-bond donors (Lipinski definition) is 2. The first-order valence-corrected chi connectivity index (χ1v) is 5.40. The van der Waals surface area contributed by atoms with Gasteiger partial charge in [0, 0.05) is 17.1 Å². The Kier molecular flexibility index (Phi) is 7.38. The molecule has 0 saturated carbocycles. The van der Waals surface area contributed by atoms with Crippen LogP contribution in [0, 0.1) is 6.92 Å². The summed E-state index contributed by atoms with van der Waals surface area (Å²) >= 11 is 0. The van der Waals surface area contributed by atoms with Crippen LogP contribution in [0.25, 0.3) is 10.9 Å². The van der Waals surface area contributed by atoms with Crippen molar-refractivity contribution in [1.82, 2.24) is 10.3 Å². The molecule has 2 rings (SSSR count). The zero-order valence-electron chi connectivity index (χ0n) is 10.4. The van der Waals surface area contributed by atoms with Crippen LogP contribution in [-0.2, 0) is 0 Å². The Morgan fingerprint density at radius 1 is 1.07 bits per heavy atom. The van der Waals surface area contributed by atoms with Gasteiger partial charge in [-0.05, 0) is 38.7 Å². The molecule has 2 nitrogen and oxygen atoms in total. The van der Waals surface area contributed by atoms with Crippen LogP contribution in [0.4, 0.5) is 0 Å². The van der Waals surface area contributed by atoms with Crippen LogP contribution in [-0.4, -0.2) is 19.1 Å². The van der Waals surface area contributed by atoms with E-state index in [9.17, 15) is 0 Å². The van der Waals surface area contributed by atoms with E-state index in [-0.39, 0.29) is 0 Å². The fraction of sp³-hybridized carbons (Fsp3) is 0.385. The molecule has 1 aromatic carbocycles. The second-order valence-corrected chi connectivity index (χ2v) is 3.01. The molecule has 0 aliphatic heterocycles. The van der Waals surface area contributed by atoms with Crippen LogP contribution in [0.5, 0.6) is 0 Å². The predicted molar refractivity (Wildman–Crippen MR) is 69.4 cm³/mol. The topological polar surface area (TPSA) is 27.8 Å². The van der Waals surface area contributed by atoms with Crippen LogP contribution in [0.3, 0.4) is 0 Å². The van der Waals surface area contributed by atoms with Gasteiger partial charge in [-0.1, -0.05) is 26.0 Å². The second kappa shape index (κ2) is 8.06. The van der Waals surface area contributed by atoms with Crippen molar-refractivity contribution >= 4 is 10.9 Å². The maximum atomic E-state index is 3.16. The van der Waals surface area contributed by atoms with Crippen molar-refractivity contribution in [3.8, 4) is 0 Å². The third-order valence-electron chi connectivity index (χ3n) is 1.81. The molecule has 15 heavy (non-hydrogen) atoms. The van der Waals surface area contributed by atoms with Gasteiger partial charge in [0.05, 0.1) is 0 Å². The third kappa shape index (κ3) is 4.17. The van der Waals surface area contributed by atoms with Crippen molar-refractivity contribution in [2.24, 2.45) is 0 Å². The van der Waals surface area contributed by atoms with Crippen LogP contribution in [0.2, 0.25) is 0 Å². The maximum absolute atomic E-state index is 3.16. The fourth-order valence-corrected chi connectivity index (χ4v) is 1.24. The Bertz CT molecular complexity index is 363. The van der Waals surface area contributed by atoms with E-state index in [0.29, 0.717) is 0 Å². The Hall–Kier alpha value is -1.28. The lowest BCUT2D eigenvalue weighted by Gasteiger charge is -1.92. The van der Waals surface area contributed by atoms with Crippen molar-refractivity contribution in [3.05, 3.63) is 36.0 Å². The number of fused-ring (bicyclic) bond motifs is 1. The number of nitrogens with one attached hydrogen (secondary N) is 2. The molecule has 2 heteroatoms. The second-order valence-electron chi connectivity index (χ2n) is 3.01. The molecule has 0 fully saturated rings. The molecular weight excluding hydrogens is 184 g/mol. The summed E-state index contributed by atoms with van der Waals surface area (Å²) in [6.45, 7) is 6.12. The first kappa shape index (κ1) is 13.7. The summed E-state index contributed by atoms with van der Waals surface area (Å²) in [5, 5.41) is 4.07. The van der Waals surface area contributed by atoms with E-state index in [1.54, 1.807) is 0 Å². The van der Waals surface area contributed by atoms with Gasteiger partial charge >= 0.3 is 0 Å². The first-order chi connectivity index (χ1) is 7.29. The minimum Gasteiger partial charge on any atom is -0.361 e.